The number of carbonyl (C=O) groups is 3. The van der Waals surface area contributed by atoms with E-state index >= 15 is 0 Å². The Bertz CT molecular complexity index is 1220. The molecule has 3 amide bonds. The number of alkyl carbamates (subject to hydrolysis) is 1. The molecule has 2 aliphatic rings. The first kappa shape index (κ1) is 33.3. The highest BCUT2D eigenvalue weighted by molar-refractivity contribution is 5.94. The zero-order chi connectivity index (χ0) is 31.7. The third-order valence-electron chi connectivity index (χ3n) is 8.25. The van der Waals surface area contributed by atoms with E-state index in [1.54, 1.807) is 4.90 Å². The molecule has 0 bridgehead atoms. The van der Waals surface area contributed by atoms with Gasteiger partial charge in [0.1, 0.15) is 11.7 Å². The maximum Gasteiger partial charge on any atom is 0.411 e. The van der Waals surface area contributed by atoms with Gasteiger partial charge in [-0.15, -0.1) is 0 Å². The minimum atomic E-state index is -0.503. The van der Waals surface area contributed by atoms with E-state index in [4.69, 9.17) is 9.47 Å². The lowest BCUT2D eigenvalue weighted by Crippen LogP contribution is -2.49. The van der Waals surface area contributed by atoms with Crippen molar-refractivity contribution in [2.24, 2.45) is 0 Å². The molecule has 10 heteroatoms. The van der Waals surface area contributed by atoms with Crippen molar-refractivity contribution in [3.8, 4) is 0 Å². The fraction of sp³-hybridized carbons (Fsp3) is 0.559. The Kier molecular flexibility index (Phi) is 11.6. The van der Waals surface area contributed by atoms with E-state index in [1.807, 2.05) is 82.4 Å². The molecular weight excluding hydrogens is 558 g/mol. The Labute approximate surface area is 262 Å². The van der Waals surface area contributed by atoms with Crippen molar-refractivity contribution >= 4 is 23.8 Å². The highest BCUT2D eigenvalue weighted by atomic mass is 16.6. The summed E-state index contributed by atoms with van der Waals surface area (Å²) in [6.07, 6.45) is 2.42. The average Bonchev–Trinajstić information content (AvgIpc) is 2.97. The van der Waals surface area contributed by atoms with Crippen molar-refractivity contribution in [1.29, 1.82) is 0 Å². The molecule has 2 N–H and O–H groups in total. The second-order valence-electron chi connectivity index (χ2n) is 13.0. The van der Waals surface area contributed by atoms with Crippen LogP contribution in [0.3, 0.4) is 0 Å². The molecule has 2 saturated heterocycles. The van der Waals surface area contributed by atoms with Crippen molar-refractivity contribution in [2.75, 3.05) is 45.1 Å². The molecule has 2 fully saturated rings. The van der Waals surface area contributed by atoms with Gasteiger partial charge < -0.3 is 24.6 Å². The fourth-order valence-corrected chi connectivity index (χ4v) is 5.73. The molecule has 2 atom stereocenters. The number of ether oxygens (including phenoxy) is 2. The zero-order valence-electron chi connectivity index (χ0n) is 26.9. The number of para-hydroxylation sites is 1. The third-order valence-corrected chi connectivity index (χ3v) is 8.25. The molecule has 0 radical (unpaired) electrons. The topological polar surface area (TPSA) is 103 Å². The van der Waals surface area contributed by atoms with Crippen LogP contribution in [-0.2, 0) is 16.0 Å². The number of carbonyl (C=O) groups excluding carboxylic acids is 3. The number of benzene rings is 2. The minimum Gasteiger partial charge on any atom is -0.446 e. The predicted octanol–water partition coefficient (Wildman–Crippen LogP) is 5.35. The molecule has 2 unspecified atom stereocenters. The van der Waals surface area contributed by atoms with Gasteiger partial charge in [-0.3, -0.25) is 15.0 Å². The number of rotatable bonds is 9. The van der Waals surface area contributed by atoms with Gasteiger partial charge in [-0.2, -0.15) is 0 Å². The van der Waals surface area contributed by atoms with Crippen LogP contribution >= 0.6 is 0 Å². The van der Waals surface area contributed by atoms with E-state index in [9.17, 15) is 14.4 Å². The van der Waals surface area contributed by atoms with Crippen LogP contribution in [0.5, 0.6) is 0 Å². The molecule has 240 valence electrons. The van der Waals surface area contributed by atoms with Gasteiger partial charge in [0, 0.05) is 69.7 Å². The number of piperidine rings is 2. The molecule has 4 rings (SSSR count). The minimum absolute atomic E-state index is 0.00903. The Morgan fingerprint density at radius 3 is 2.25 bits per heavy atom. The maximum atomic E-state index is 13.1. The standard InChI is InChI=1S/C34H49N5O5/c1-25-23-29(36-33(42)44-34(2,3)4)15-20-39(25)24-26-11-13-27(14-12-26)31(40)37(5)21-22-38-18-16-30(17-19-38)43-32(41)35-28-9-7-6-8-10-28/h6-14,25,29-30H,15-24H2,1-5H3,(H,35,41)(H,36,42). The van der Waals surface area contributed by atoms with Crippen molar-refractivity contribution in [3.05, 3.63) is 65.7 Å². The second kappa shape index (κ2) is 15.4. The Morgan fingerprint density at radius 1 is 0.932 bits per heavy atom. The summed E-state index contributed by atoms with van der Waals surface area (Å²) in [5, 5.41) is 5.78. The van der Waals surface area contributed by atoms with Crippen molar-refractivity contribution in [1.82, 2.24) is 20.0 Å². The third kappa shape index (κ3) is 10.5. The first-order valence-corrected chi connectivity index (χ1v) is 15.8. The number of hydrogen-bond donors (Lipinski definition) is 2. The van der Waals surface area contributed by atoms with Gasteiger partial charge >= 0.3 is 12.2 Å². The van der Waals surface area contributed by atoms with Gasteiger partial charge in [0.05, 0.1) is 0 Å². The maximum absolute atomic E-state index is 13.1. The molecule has 2 aromatic rings. The molecule has 44 heavy (non-hydrogen) atoms. The first-order valence-electron chi connectivity index (χ1n) is 15.8. The largest absolute Gasteiger partial charge is 0.446 e. The molecule has 0 aromatic heterocycles. The van der Waals surface area contributed by atoms with Gasteiger partial charge in [0.15, 0.2) is 0 Å². The summed E-state index contributed by atoms with van der Waals surface area (Å²) in [7, 11) is 1.84. The van der Waals surface area contributed by atoms with Crippen molar-refractivity contribution in [3.63, 3.8) is 0 Å². The molecule has 2 heterocycles. The average molecular weight is 608 g/mol. The summed E-state index contributed by atoms with van der Waals surface area (Å²) in [5.41, 5.74) is 2.06. The number of likely N-dealkylation sites (tertiary alicyclic amines) is 2. The molecule has 2 aliphatic heterocycles. The van der Waals surface area contributed by atoms with Crippen LogP contribution in [-0.4, -0.2) is 96.4 Å². The summed E-state index contributed by atoms with van der Waals surface area (Å²) in [4.78, 5) is 43.9. The van der Waals surface area contributed by atoms with E-state index in [2.05, 4.69) is 27.4 Å². The van der Waals surface area contributed by atoms with Gasteiger partial charge in [0.25, 0.3) is 5.91 Å². The SMILES string of the molecule is CC1CC(NC(=O)OC(C)(C)C)CCN1Cc1ccc(C(=O)N(C)CCN2CCC(OC(=O)Nc3ccccc3)CC2)cc1. The van der Waals surface area contributed by atoms with E-state index in [0.717, 1.165) is 69.7 Å². The molecule has 0 aliphatic carbocycles. The van der Waals surface area contributed by atoms with E-state index < -0.39 is 11.7 Å². The number of hydrogen-bond acceptors (Lipinski definition) is 7. The summed E-state index contributed by atoms with van der Waals surface area (Å²) >= 11 is 0. The molecule has 0 saturated carbocycles. The number of likely N-dealkylation sites (N-methyl/N-ethyl adjacent to an activating group) is 1. The number of anilines is 1. The lowest BCUT2D eigenvalue weighted by Gasteiger charge is -2.38. The van der Waals surface area contributed by atoms with Gasteiger partial charge in [-0.1, -0.05) is 30.3 Å². The summed E-state index contributed by atoms with van der Waals surface area (Å²) in [6, 6.07) is 17.6. The van der Waals surface area contributed by atoms with Crippen LogP contribution in [0.25, 0.3) is 0 Å². The normalized spacial score (nSPS) is 20.0. The van der Waals surface area contributed by atoms with Crippen molar-refractivity contribution < 1.29 is 23.9 Å². The van der Waals surface area contributed by atoms with Gasteiger partial charge in [0.2, 0.25) is 0 Å². The van der Waals surface area contributed by atoms with E-state index in [-0.39, 0.29) is 24.1 Å². The predicted molar refractivity (Wildman–Crippen MR) is 172 cm³/mol. The number of nitrogens with one attached hydrogen (secondary N) is 2. The second-order valence-corrected chi connectivity index (χ2v) is 13.0. The van der Waals surface area contributed by atoms with Crippen LogP contribution in [0.4, 0.5) is 15.3 Å². The van der Waals surface area contributed by atoms with Gasteiger partial charge in [-0.25, -0.2) is 9.59 Å². The monoisotopic (exact) mass is 607 g/mol. The number of amides is 3. The molecule has 0 spiro atoms. The Balaban J connectivity index is 1.14. The zero-order valence-corrected chi connectivity index (χ0v) is 26.9. The summed E-state index contributed by atoms with van der Waals surface area (Å²) in [5.74, 6) is 0.00903. The fourth-order valence-electron chi connectivity index (χ4n) is 5.73. The highest BCUT2D eigenvalue weighted by Gasteiger charge is 2.28. The van der Waals surface area contributed by atoms with Crippen LogP contribution in [0, 0.1) is 0 Å². The van der Waals surface area contributed by atoms with Gasteiger partial charge in [-0.05, 0) is 83.2 Å². The lowest BCUT2D eigenvalue weighted by molar-refractivity contribution is 0.0452. The smallest absolute Gasteiger partial charge is 0.411 e. The van der Waals surface area contributed by atoms with Crippen LogP contribution in [0.2, 0.25) is 0 Å². The lowest BCUT2D eigenvalue weighted by atomic mass is 9.97. The number of nitrogens with zero attached hydrogens (tertiary/aromatic N) is 3. The molecule has 10 nitrogen and oxygen atoms in total. The summed E-state index contributed by atoms with van der Waals surface area (Å²) in [6.45, 7) is 12.5. The van der Waals surface area contributed by atoms with E-state index in [1.165, 1.54) is 0 Å². The Hall–Kier alpha value is -3.63. The molecular formula is C34H49N5O5. The van der Waals surface area contributed by atoms with Crippen LogP contribution < -0.4 is 10.6 Å². The van der Waals surface area contributed by atoms with Crippen LogP contribution in [0.1, 0.15) is 69.3 Å². The quantitative estimate of drug-likeness (QED) is 0.396. The highest BCUT2D eigenvalue weighted by Crippen LogP contribution is 2.21. The van der Waals surface area contributed by atoms with E-state index in [0.29, 0.717) is 18.2 Å². The van der Waals surface area contributed by atoms with Crippen molar-refractivity contribution in [2.45, 2.75) is 83.7 Å². The summed E-state index contributed by atoms with van der Waals surface area (Å²) < 4.78 is 11.0. The Morgan fingerprint density at radius 2 is 1.61 bits per heavy atom. The van der Waals surface area contributed by atoms with Crippen LogP contribution in [0.15, 0.2) is 54.6 Å². The first-order chi connectivity index (χ1) is 20.9. The molecule has 2 aromatic carbocycles.